The highest BCUT2D eigenvalue weighted by atomic mass is 19.4. The van der Waals surface area contributed by atoms with Crippen molar-refractivity contribution in [2.45, 2.75) is 51.1 Å². The number of anilines is 1. The molecule has 10 nitrogen and oxygen atoms in total. The number of alkyl halides is 6. The average Bonchev–Trinajstić information content (AvgIpc) is 3.52. The lowest BCUT2D eigenvalue weighted by Crippen LogP contribution is -2.35. The van der Waals surface area contributed by atoms with Gasteiger partial charge in [-0.05, 0) is 56.8 Å². The van der Waals surface area contributed by atoms with Crippen LogP contribution in [0, 0.1) is 5.92 Å². The zero-order valence-electron chi connectivity index (χ0n) is 20.2. The lowest BCUT2D eigenvalue weighted by Gasteiger charge is -2.32. The summed E-state index contributed by atoms with van der Waals surface area (Å²) in [6.07, 6.45) is -1.12. The van der Waals surface area contributed by atoms with Crippen LogP contribution < -0.4 is 4.90 Å². The maximum absolute atomic E-state index is 10.6. The zero-order valence-corrected chi connectivity index (χ0v) is 20.2. The van der Waals surface area contributed by atoms with Gasteiger partial charge in [0.15, 0.2) is 0 Å². The Kier molecular flexibility index (Phi) is 11.3. The molecule has 212 valence electrons. The van der Waals surface area contributed by atoms with Gasteiger partial charge in [0.1, 0.15) is 5.82 Å². The molecule has 0 bridgehead atoms. The Hall–Kier alpha value is -3.43. The van der Waals surface area contributed by atoms with E-state index in [4.69, 9.17) is 19.8 Å². The van der Waals surface area contributed by atoms with Crippen LogP contribution in [-0.2, 0) is 22.7 Å². The first kappa shape index (κ1) is 30.8. The molecule has 0 radical (unpaired) electrons. The SMILES string of the molecule is O=C(O)C(F)(F)F.O=C(O)C(F)(F)F.c1ccc(N2CCC(Cn3cc(CN4CCCC4)nn3)CC2)nc1. The fraction of sp³-hybridized carbons (Fsp3) is 0.591. The maximum atomic E-state index is 10.6. The molecule has 2 aromatic heterocycles. The minimum Gasteiger partial charge on any atom is -0.475 e. The first-order valence-electron chi connectivity index (χ1n) is 11.6. The third-order valence-corrected chi connectivity index (χ3v) is 5.69. The normalized spacial score (nSPS) is 16.7. The summed E-state index contributed by atoms with van der Waals surface area (Å²) in [5.74, 6) is -3.73. The number of hydrogen-bond acceptors (Lipinski definition) is 7. The minimum absolute atomic E-state index is 0.686. The average molecular weight is 554 g/mol. The van der Waals surface area contributed by atoms with Crippen LogP contribution in [0.4, 0.5) is 32.2 Å². The summed E-state index contributed by atoms with van der Waals surface area (Å²) in [6, 6.07) is 6.13. The lowest BCUT2D eigenvalue weighted by atomic mass is 9.97. The van der Waals surface area contributed by atoms with Gasteiger partial charge in [-0.25, -0.2) is 14.6 Å². The number of halogens is 6. The third kappa shape index (κ3) is 10.9. The molecule has 2 aliphatic heterocycles. The molecule has 0 aromatic carbocycles. The Labute approximate surface area is 213 Å². The summed E-state index contributed by atoms with van der Waals surface area (Å²) in [7, 11) is 0. The third-order valence-electron chi connectivity index (χ3n) is 5.69. The van der Waals surface area contributed by atoms with E-state index >= 15 is 0 Å². The van der Waals surface area contributed by atoms with Gasteiger partial charge in [0.05, 0.1) is 5.69 Å². The number of aliphatic carboxylic acids is 2. The molecular formula is C22H28F6N6O4. The van der Waals surface area contributed by atoms with E-state index in [0.29, 0.717) is 5.92 Å². The second kappa shape index (κ2) is 13.9. The molecule has 2 saturated heterocycles. The molecule has 0 saturated carbocycles. The quantitative estimate of drug-likeness (QED) is 0.535. The van der Waals surface area contributed by atoms with Crippen molar-refractivity contribution in [3.8, 4) is 0 Å². The summed E-state index contributed by atoms with van der Waals surface area (Å²) in [6.45, 7) is 6.52. The van der Waals surface area contributed by atoms with Crippen LogP contribution in [0.25, 0.3) is 0 Å². The summed E-state index contributed by atoms with van der Waals surface area (Å²) < 4.78 is 65.5. The fourth-order valence-electron chi connectivity index (χ4n) is 3.82. The first-order valence-corrected chi connectivity index (χ1v) is 11.6. The lowest BCUT2D eigenvalue weighted by molar-refractivity contribution is -0.193. The highest BCUT2D eigenvalue weighted by Crippen LogP contribution is 2.23. The smallest absolute Gasteiger partial charge is 0.475 e. The number of nitrogens with zero attached hydrogens (tertiary/aromatic N) is 6. The molecule has 0 aliphatic carbocycles. The molecule has 2 aromatic rings. The Bertz CT molecular complexity index is 980. The fourth-order valence-corrected chi connectivity index (χ4v) is 3.82. The Morgan fingerprint density at radius 1 is 0.921 bits per heavy atom. The molecule has 0 amide bonds. The van der Waals surface area contributed by atoms with Gasteiger partial charge in [-0.3, -0.25) is 9.58 Å². The molecule has 4 heterocycles. The van der Waals surface area contributed by atoms with Crippen LogP contribution >= 0.6 is 0 Å². The number of pyridine rings is 1. The van der Waals surface area contributed by atoms with Crippen molar-refractivity contribution in [2.75, 3.05) is 31.1 Å². The molecule has 2 fully saturated rings. The van der Waals surface area contributed by atoms with Crippen molar-refractivity contribution in [1.29, 1.82) is 0 Å². The van der Waals surface area contributed by atoms with Crippen molar-refractivity contribution in [2.24, 2.45) is 5.92 Å². The van der Waals surface area contributed by atoms with Crippen LogP contribution in [0.1, 0.15) is 31.4 Å². The van der Waals surface area contributed by atoms with Gasteiger partial charge in [-0.15, -0.1) is 5.10 Å². The van der Waals surface area contributed by atoms with Crippen molar-refractivity contribution in [3.63, 3.8) is 0 Å². The minimum atomic E-state index is -5.08. The Morgan fingerprint density at radius 2 is 1.47 bits per heavy atom. The van der Waals surface area contributed by atoms with Crippen LogP contribution in [-0.4, -0.2) is 85.6 Å². The predicted molar refractivity (Wildman–Crippen MR) is 121 cm³/mol. The van der Waals surface area contributed by atoms with Crippen molar-refractivity contribution in [1.82, 2.24) is 24.9 Å². The van der Waals surface area contributed by atoms with E-state index in [0.717, 1.165) is 37.7 Å². The molecule has 38 heavy (non-hydrogen) atoms. The van der Waals surface area contributed by atoms with Crippen molar-refractivity contribution < 1.29 is 46.1 Å². The van der Waals surface area contributed by atoms with Crippen molar-refractivity contribution in [3.05, 3.63) is 36.3 Å². The number of carboxylic acid groups (broad SMARTS) is 2. The van der Waals surface area contributed by atoms with E-state index in [1.807, 2.05) is 16.9 Å². The van der Waals surface area contributed by atoms with Crippen LogP contribution in [0.3, 0.4) is 0 Å². The molecule has 16 heteroatoms. The van der Waals surface area contributed by atoms with Gasteiger partial charge in [0, 0.05) is 38.6 Å². The highest BCUT2D eigenvalue weighted by molar-refractivity contribution is 5.73. The summed E-state index contributed by atoms with van der Waals surface area (Å²) in [5, 5.41) is 23.0. The second-order valence-corrected chi connectivity index (χ2v) is 8.64. The van der Waals surface area contributed by atoms with Gasteiger partial charge in [0.25, 0.3) is 0 Å². The number of hydrogen-bond donors (Lipinski definition) is 2. The monoisotopic (exact) mass is 554 g/mol. The van der Waals surface area contributed by atoms with E-state index in [2.05, 4.69) is 43.4 Å². The number of rotatable bonds is 5. The number of carbonyl (C=O) groups is 2. The Balaban J connectivity index is 0.000000301. The van der Waals surface area contributed by atoms with Gasteiger partial charge in [-0.2, -0.15) is 26.3 Å². The molecule has 0 atom stereocenters. The van der Waals surface area contributed by atoms with Crippen molar-refractivity contribution >= 4 is 17.8 Å². The van der Waals surface area contributed by atoms with Gasteiger partial charge >= 0.3 is 24.3 Å². The summed E-state index contributed by atoms with van der Waals surface area (Å²) >= 11 is 0. The predicted octanol–water partition coefficient (Wildman–Crippen LogP) is 3.45. The molecule has 2 aliphatic rings. The van der Waals surface area contributed by atoms with E-state index in [1.165, 1.54) is 38.8 Å². The molecule has 4 rings (SSSR count). The Morgan fingerprint density at radius 3 is 1.95 bits per heavy atom. The maximum Gasteiger partial charge on any atom is 0.490 e. The molecule has 0 unspecified atom stereocenters. The molecule has 0 spiro atoms. The van der Waals surface area contributed by atoms with E-state index in [-0.39, 0.29) is 0 Å². The van der Waals surface area contributed by atoms with Gasteiger partial charge in [-0.1, -0.05) is 11.3 Å². The van der Waals surface area contributed by atoms with Gasteiger partial charge < -0.3 is 15.1 Å². The molecular weight excluding hydrogens is 526 g/mol. The summed E-state index contributed by atoms with van der Waals surface area (Å²) in [4.78, 5) is 27.1. The second-order valence-electron chi connectivity index (χ2n) is 8.64. The van der Waals surface area contributed by atoms with E-state index in [1.54, 1.807) is 0 Å². The topological polar surface area (TPSA) is 125 Å². The van der Waals surface area contributed by atoms with Crippen LogP contribution in [0.2, 0.25) is 0 Å². The number of likely N-dealkylation sites (tertiary alicyclic amines) is 1. The van der Waals surface area contributed by atoms with E-state index in [9.17, 15) is 26.3 Å². The zero-order chi connectivity index (χ0) is 28.3. The number of aromatic nitrogens is 4. The van der Waals surface area contributed by atoms with Gasteiger partial charge in [0.2, 0.25) is 0 Å². The first-order chi connectivity index (χ1) is 17.8. The molecule has 2 N–H and O–H groups in total. The largest absolute Gasteiger partial charge is 0.490 e. The number of piperidine rings is 1. The van der Waals surface area contributed by atoms with Crippen LogP contribution in [0.5, 0.6) is 0 Å². The highest BCUT2D eigenvalue weighted by Gasteiger charge is 2.38. The van der Waals surface area contributed by atoms with Crippen LogP contribution in [0.15, 0.2) is 30.6 Å². The van der Waals surface area contributed by atoms with E-state index < -0.39 is 24.3 Å². The standard InChI is InChI=1S/C18H26N6.2C2HF3O2/c1-2-8-19-18(5-1)23-11-6-16(7-12-23)13-24-15-17(20-21-24)14-22-9-3-4-10-22;2*3-2(4,5)1(6)7/h1-2,5,8,15-16H,3-4,6-7,9-14H2;2*(H,6,7). The summed E-state index contributed by atoms with van der Waals surface area (Å²) in [5.41, 5.74) is 1.11. The number of carboxylic acids is 2.